The maximum atomic E-state index is 5.73. The third-order valence-corrected chi connectivity index (χ3v) is 2.97. The zero-order valence-electron chi connectivity index (χ0n) is 10.3. The Morgan fingerprint density at radius 3 is 2.07 bits per heavy atom. The second-order valence-corrected chi connectivity index (χ2v) is 4.22. The molecule has 1 aromatic rings. The van der Waals surface area contributed by atoms with Gasteiger partial charge in [-0.1, -0.05) is 32.9 Å². The summed E-state index contributed by atoms with van der Waals surface area (Å²) in [6.45, 7) is 8.71. The van der Waals surface area contributed by atoms with Gasteiger partial charge in [0, 0.05) is 0 Å². The summed E-state index contributed by atoms with van der Waals surface area (Å²) in [5.41, 5.74) is 1.40. The molecule has 1 nitrogen and oxygen atoms in total. The highest BCUT2D eigenvalue weighted by Gasteiger charge is 2.04. The Morgan fingerprint density at radius 1 is 1.00 bits per heavy atom. The molecule has 1 aromatic carbocycles. The van der Waals surface area contributed by atoms with Crippen LogP contribution in [0.2, 0.25) is 0 Å². The maximum absolute atomic E-state index is 5.73. The van der Waals surface area contributed by atoms with Gasteiger partial charge in [-0.15, -0.1) is 0 Å². The van der Waals surface area contributed by atoms with E-state index in [1.165, 1.54) is 12.0 Å². The Bertz CT molecular complexity index is 276. The van der Waals surface area contributed by atoms with Crippen LogP contribution in [-0.2, 0) is 0 Å². The van der Waals surface area contributed by atoms with Crippen molar-refractivity contribution < 1.29 is 4.74 Å². The van der Waals surface area contributed by atoms with E-state index in [1.807, 2.05) is 0 Å². The lowest BCUT2D eigenvalue weighted by molar-refractivity contribution is 0.217. The van der Waals surface area contributed by atoms with E-state index in [0.717, 1.165) is 12.2 Å². The average molecular weight is 206 g/mol. The van der Waals surface area contributed by atoms with Crippen molar-refractivity contribution in [3.05, 3.63) is 29.8 Å². The molecule has 0 radical (unpaired) electrons. The predicted octanol–water partition coefficient (Wildman–Crippen LogP) is 4.38. The molecular weight excluding hydrogens is 184 g/mol. The number of rotatable bonds is 5. The van der Waals surface area contributed by atoms with Gasteiger partial charge in [0.2, 0.25) is 0 Å². The standard InChI is InChI=1S/C14H22O/c1-5-11(3)13-7-9-14(10-8-13)15-12(4)6-2/h7-12H,5-6H2,1-4H3. The normalized spacial score (nSPS) is 14.7. The fourth-order valence-electron chi connectivity index (χ4n) is 1.43. The molecule has 0 aliphatic heterocycles. The molecule has 0 amide bonds. The van der Waals surface area contributed by atoms with Gasteiger partial charge in [0.05, 0.1) is 6.10 Å². The van der Waals surface area contributed by atoms with E-state index in [1.54, 1.807) is 0 Å². The summed E-state index contributed by atoms with van der Waals surface area (Å²) < 4.78 is 5.73. The lowest BCUT2D eigenvalue weighted by Gasteiger charge is -2.14. The van der Waals surface area contributed by atoms with Crippen molar-refractivity contribution in [3.63, 3.8) is 0 Å². The van der Waals surface area contributed by atoms with Gasteiger partial charge in [-0.25, -0.2) is 0 Å². The van der Waals surface area contributed by atoms with Crippen LogP contribution in [0.3, 0.4) is 0 Å². The molecule has 0 aliphatic rings. The van der Waals surface area contributed by atoms with E-state index in [0.29, 0.717) is 12.0 Å². The van der Waals surface area contributed by atoms with Gasteiger partial charge in [0.15, 0.2) is 0 Å². The summed E-state index contributed by atoms with van der Waals surface area (Å²) in [5.74, 6) is 1.62. The van der Waals surface area contributed by atoms with Crippen molar-refractivity contribution in [3.8, 4) is 5.75 Å². The lowest BCUT2D eigenvalue weighted by Crippen LogP contribution is -2.09. The van der Waals surface area contributed by atoms with E-state index in [-0.39, 0.29) is 0 Å². The first-order valence-electron chi connectivity index (χ1n) is 5.94. The Balaban J connectivity index is 2.64. The highest BCUT2D eigenvalue weighted by molar-refractivity contribution is 5.29. The van der Waals surface area contributed by atoms with Crippen molar-refractivity contribution in [1.29, 1.82) is 0 Å². The van der Waals surface area contributed by atoms with Gasteiger partial charge < -0.3 is 4.74 Å². The van der Waals surface area contributed by atoms with E-state index < -0.39 is 0 Å². The minimum absolute atomic E-state index is 0.305. The minimum atomic E-state index is 0.305. The summed E-state index contributed by atoms with van der Waals surface area (Å²) in [7, 11) is 0. The van der Waals surface area contributed by atoms with Gasteiger partial charge in [-0.3, -0.25) is 0 Å². The van der Waals surface area contributed by atoms with Gasteiger partial charge in [-0.2, -0.15) is 0 Å². The summed E-state index contributed by atoms with van der Waals surface area (Å²) in [6, 6.07) is 8.50. The zero-order chi connectivity index (χ0) is 11.3. The summed E-state index contributed by atoms with van der Waals surface area (Å²) in [4.78, 5) is 0. The quantitative estimate of drug-likeness (QED) is 0.694. The first kappa shape index (κ1) is 12.1. The molecule has 1 rings (SSSR count). The van der Waals surface area contributed by atoms with Crippen LogP contribution in [0, 0.1) is 0 Å². The van der Waals surface area contributed by atoms with Crippen LogP contribution in [0.25, 0.3) is 0 Å². The summed E-state index contributed by atoms with van der Waals surface area (Å²) >= 11 is 0. The Hall–Kier alpha value is -0.980. The fraction of sp³-hybridized carbons (Fsp3) is 0.571. The van der Waals surface area contributed by atoms with Crippen LogP contribution < -0.4 is 4.74 Å². The second-order valence-electron chi connectivity index (χ2n) is 4.22. The average Bonchev–Trinajstić information content (AvgIpc) is 2.29. The molecule has 15 heavy (non-hydrogen) atoms. The van der Waals surface area contributed by atoms with Crippen LogP contribution in [0.5, 0.6) is 5.75 Å². The molecule has 0 heterocycles. The van der Waals surface area contributed by atoms with Crippen LogP contribution >= 0.6 is 0 Å². The van der Waals surface area contributed by atoms with Crippen molar-refractivity contribution in [2.24, 2.45) is 0 Å². The monoisotopic (exact) mass is 206 g/mol. The first-order valence-corrected chi connectivity index (χ1v) is 5.94. The third kappa shape index (κ3) is 3.58. The van der Waals surface area contributed by atoms with Crippen LogP contribution in [0.15, 0.2) is 24.3 Å². The second kappa shape index (κ2) is 5.79. The smallest absolute Gasteiger partial charge is 0.119 e. The molecule has 0 spiro atoms. The highest BCUT2D eigenvalue weighted by Crippen LogP contribution is 2.22. The Labute approximate surface area is 93.5 Å². The largest absolute Gasteiger partial charge is 0.491 e. The Morgan fingerprint density at radius 2 is 1.60 bits per heavy atom. The van der Waals surface area contributed by atoms with E-state index in [4.69, 9.17) is 4.74 Å². The van der Waals surface area contributed by atoms with Crippen LogP contribution in [0.1, 0.15) is 52.0 Å². The van der Waals surface area contributed by atoms with Crippen molar-refractivity contribution in [2.75, 3.05) is 0 Å². The van der Waals surface area contributed by atoms with E-state index in [2.05, 4.69) is 52.0 Å². The molecule has 0 saturated carbocycles. The first-order chi connectivity index (χ1) is 7.17. The minimum Gasteiger partial charge on any atom is -0.491 e. The summed E-state index contributed by atoms with van der Waals surface area (Å²) in [5, 5.41) is 0. The highest BCUT2D eigenvalue weighted by atomic mass is 16.5. The molecule has 0 saturated heterocycles. The van der Waals surface area contributed by atoms with Crippen LogP contribution in [-0.4, -0.2) is 6.10 Å². The predicted molar refractivity (Wildman–Crippen MR) is 65.5 cm³/mol. The molecule has 0 aromatic heterocycles. The molecule has 2 unspecified atom stereocenters. The van der Waals surface area contributed by atoms with Crippen molar-refractivity contribution in [1.82, 2.24) is 0 Å². The topological polar surface area (TPSA) is 9.23 Å². The SMILES string of the molecule is CCC(C)Oc1ccc(C(C)CC)cc1. The fourth-order valence-corrected chi connectivity index (χ4v) is 1.43. The van der Waals surface area contributed by atoms with Gasteiger partial charge in [0.25, 0.3) is 0 Å². The van der Waals surface area contributed by atoms with E-state index >= 15 is 0 Å². The van der Waals surface area contributed by atoms with Gasteiger partial charge in [-0.05, 0) is 43.4 Å². The van der Waals surface area contributed by atoms with Crippen molar-refractivity contribution in [2.45, 2.75) is 52.6 Å². The Kier molecular flexibility index (Phi) is 4.67. The molecule has 0 aliphatic carbocycles. The molecule has 0 fully saturated rings. The molecule has 84 valence electrons. The number of hydrogen-bond acceptors (Lipinski definition) is 1. The number of hydrogen-bond donors (Lipinski definition) is 0. The van der Waals surface area contributed by atoms with Gasteiger partial charge in [0.1, 0.15) is 5.75 Å². The summed E-state index contributed by atoms with van der Waals surface area (Å²) in [6.07, 6.45) is 2.54. The molecule has 0 N–H and O–H groups in total. The van der Waals surface area contributed by atoms with E-state index in [9.17, 15) is 0 Å². The van der Waals surface area contributed by atoms with Crippen LogP contribution in [0.4, 0.5) is 0 Å². The van der Waals surface area contributed by atoms with Crippen molar-refractivity contribution >= 4 is 0 Å². The molecule has 0 bridgehead atoms. The maximum Gasteiger partial charge on any atom is 0.119 e. The molecule has 1 heteroatoms. The third-order valence-electron chi connectivity index (χ3n) is 2.97. The zero-order valence-corrected chi connectivity index (χ0v) is 10.3. The number of benzene rings is 1. The molecule has 2 atom stereocenters. The lowest BCUT2D eigenvalue weighted by atomic mass is 9.99. The number of ether oxygens (including phenoxy) is 1. The molecular formula is C14H22O. The van der Waals surface area contributed by atoms with Gasteiger partial charge >= 0.3 is 0 Å².